The minimum absolute atomic E-state index is 0.209. The molecule has 0 heterocycles. The molecule has 3 nitrogen and oxygen atoms in total. The van der Waals surface area contributed by atoms with Gasteiger partial charge in [-0.15, -0.1) is 0 Å². The van der Waals surface area contributed by atoms with Crippen LogP contribution in [0.2, 0.25) is 0 Å². The molecule has 0 aliphatic rings. The molecule has 0 aliphatic carbocycles. The fourth-order valence-electron chi connectivity index (χ4n) is 1.60. The highest BCUT2D eigenvalue weighted by Crippen LogP contribution is 2.19. The van der Waals surface area contributed by atoms with E-state index in [0.29, 0.717) is 6.07 Å². The van der Waals surface area contributed by atoms with Crippen LogP contribution >= 0.6 is 0 Å². The van der Waals surface area contributed by atoms with Crippen molar-refractivity contribution in [2.45, 2.75) is 6.61 Å². The predicted octanol–water partition coefficient (Wildman–Crippen LogP) is 3.18. The quantitative estimate of drug-likeness (QED) is 0.538. The average Bonchev–Trinajstić information content (AvgIpc) is 2.44. The second-order valence-electron chi connectivity index (χ2n) is 4.14. The van der Waals surface area contributed by atoms with E-state index in [1.165, 1.54) is 12.1 Å². The van der Waals surface area contributed by atoms with E-state index in [-0.39, 0.29) is 5.56 Å². The van der Waals surface area contributed by atoms with Gasteiger partial charge in [-0.05, 0) is 12.1 Å². The van der Waals surface area contributed by atoms with Gasteiger partial charge in [0, 0.05) is 11.6 Å². The fraction of sp³-hybridized carbons (Fsp3) is 0.0714. The zero-order valence-electron chi connectivity index (χ0n) is 10.5. The summed E-state index contributed by atoms with van der Waals surface area (Å²) in [6.07, 6.45) is 0. The van der Waals surface area contributed by atoms with E-state index in [9.17, 15) is 22.4 Å². The van der Waals surface area contributed by atoms with Gasteiger partial charge in [0.25, 0.3) is 0 Å². The summed E-state index contributed by atoms with van der Waals surface area (Å²) in [5.41, 5.74) is 3.99. The van der Waals surface area contributed by atoms with Gasteiger partial charge in [0.05, 0.1) is 11.3 Å². The molecule has 2 N–H and O–H groups in total. The number of anilines is 1. The summed E-state index contributed by atoms with van der Waals surface area (Å²) in [6.45, 7) is -0.598. The fourth-order valence-corrected chi connectivity index (χ4v) is 1.60. The summed E-state index contributed by atoms with van der Waals surface area (Å²) in [5, 5.41) is 0. The first-order chi connectivity index (χ1) is 9.90. The molecular weight excluding hydrogens is 290 g/mol. The van der Waals surface area contributed by atoms with Gasteiger partial charge < -0.3 is 10.5 Å². The summed E-state index contributed by atoms with van der Waals surface area (Å²) in [5.74, 6) is -5.60. The molecule has 0 saturated carbocycles. The van der Waals surface area contributed by atoms with Crippen molar-refractivity contribution in [3.05, 3.63) is 64.7 Å². The number of hydrogen-bond donors (Lipinski definition) is 1. The Morgan fingerprint density at radius 2 is 1.76 bits per heavy atom. The average molecular weight is 299 g/mol. The van der Waals surface area contributed by atoms with Crippen LogP contribution in [0.4, 0.5) is 23.2 Å². The Morgan fingerprint density at radius 3 is 2.48 bits per heavy atom. The van der Waals surface area contributed by atoms with Crippen molar-refractivity contribution in [1.82, 2.24) is 0 Å². The predicted molar refractivity (Wildman–Crippen MR) is 66.2 cm³/mol. The largest absolute Gasteiger partial charge is 0.457 e. The molecule has 110 valence electrons. The van der Waals surface area contributed by atoms with Crippen molar-refractivity contribution in [2.24, 2.45) is 0 Å². The van der Waals surface area contributed by atoms with Crippen molar-refractivity contribution >= 4 is 11.7 Å². The molecule has 2 aromatic rings. The lowest BCUT2D eigenvalue weighted by Gasteiger charge is -2.08. The van der Waals surface area contributed by atoms with Crippen LogP contribution in [-0.2, 0) is 11.3 Å². The van der Waals surface area contributed by atoms with Gasteiger partial charge in [-0.1, -0.05) is 12.1 Å². The van der Waals surface area contributed by atoms with Crippen molar-refractivity contribution in [1.29, 1.82) is 0 Å². The first kappa shape index (κ1) is 14.8. The highest BCUT2D eigenvalue weighted by Gasteiger charge is 2.17. The second-order valence-corrected chi connectivity index (χ2v) is 4.14. The number of carbonyl (C=O) groups excluding carboxylic acids is 1. The summed E-state index contributed by atoms with van der Waals surface area (Å²) in [6, 6.07) is 4.56. The highest BCUT2D eigenvalue weighted by molar-refractivity contribution is 5.90. The minimum atomic E-state index is -1.16. The van der Waals surface area contributed by atoms with Crippen molar-refractivity contribution < 1.29 is 27.1 Å². The molecule has 0 fully saturated rings. The molecule has 0 spiro atoms. The lowest BCUT2D eigenvalue weighted by molar-refractivity contribution is 0.0462. The molecule has 0 atom stereocenters. The number of esters is 1. The summed E-state index contributed by atoms with van der Waals surface area (Å²) in [7, 11) is 0. The zero-order valence-corrected chi connectivity index (χ0v) is 10.5. The molecule has 21 heavy (non-hydrogen) atoms. The van der Waals surface area contributed by atoms with Gasteiger partial charge in [-0.3, -0.25) is 0 Å². The van der Waals surface area contributed by atoms with Crippen molar-refractivity contribution in [3.8, 4) is 0 Å². The molecule has 0 saturated heterocycles. The standard InChI is InChI=1S/C14H9F4NO2/c15-9-3-1-2-7(13(9)18)6-21-14(20)8-4-12(19)11(17)5-10(8)16/h1-5H,6,19H2. The molecule has 0 radical (unpaired) electrons. The van der Waals surface area contributed by atoms with E-state index in [1.807, 2.05) is 0 Å². The number of nitrogens with two attached hydrogens (primary N) is 1. The molecule has 0 unspecified atom stereocenters. The van der Waals surface area contributed by atoms with Gasteiger partial charge in [-0.2, -0.15) is 0 Å². The molecular formula is C14H9F4NO2. The summed E-state index contributed by atoms with van der Waals surface area (Å²) in [4.78, 5) is 11.6. The van der Waals surface area contributed by atoms with Crippen LogP contribution in [0.1, 0.15) is 15.9 Å². The third-order valence-electron chi connectivity index (χ3n) is 2.70. The van der Waals surface area contributed by atoms with E-state index < -0.39 is 47.1 Å². The zero-order chi connectivity index (χ0) is 15.6. The molecule has 2 rings (SSSR count). The monoisotopic (exact) mass is 299 g/mol. The Hall–Kier alpha value is -2.57. The normalized spacial score (nSPS) is 10.5. The number of carbonyl (C=O) groups is 1. The number of rotatable bonds is 3. The van der Waals surface area contributed by atoms with Crippen LogP contribution in [0.15, 0.2) is 30.3 Å². The van der Waals surface area contributed by atoms with Crippen LogP contribution < -0.4 is 5.73 Å². The smallest absolute Gasteiger partial charge is 0.341 e. The Labute approximate surface area is 116 Å². The minimum Gasteiger partial charge on any atom is -0.457 e. The van der Waals surface area contributed by atoms with Crippen LogP contribution in [0.3, 0.4) is 0 Å². The van der Waals surface area contributed by atoms with E-state index >= 15 is 0 Å². The second kappa shape index (κ2) is 5.82. The number of benzene rings is 2. The first-order valence-corrected chi connectivity index (χ1v) is 5.74. The Bertz CT molecular complexity index is 704. The lowest BCUT2D eigenvalue weighted by atomic mass is 10.2. The van der Waals surface area contributed by atoms with Crippen LogP contribution in [0, 0.1) is 23.3 Å². The Morgan fingerprint density at radius 1 is 1.05 bits per heavy atom. The lowest BCUT2D eigenvalue weighted by Crippen LogP contribution is -2.10. The SMILES string of the molecule is Nc1cc(C(=O)OCc2cccc(F)c2F)c(F)cc1F. The number of halogens is 4. The van der Waals surface area contributed by atoms with Crippen molar-refractivity contribution in [3.63, 3.8) is 0 Å². The number of ether oxygens (including phenoxy) is 1. The number of hydrogen-bond acceptors (Lipinski definition) is 3. The van der Waals surface area contributed by atoms with E-state index in [0.717, 1.165) is 12.1 Å². The highest BCUT2D eigenvalue weighted by atomic mass is 19.2. The summed E-state index contributed by atoms with van der Waals surface area (Å²) >= 11 is 0. The van der Waals surface area contributed by atoms with E-state index in [4.69, 9.17) is 5.73 Å². The third kappa shape index (κ3) is 3.13. The topological polar surface area (TPSA) is 52.3 Å². The maximum absolute atomic E-state index is 13.4. The van der Waals surface area contributed by atoms with E-state index in [2.05, 4.69) is 4.74 Å². The molecule has 0 bridgehead atoms. The molecule has 0 aliphatic heterocycles. The van der Waals surface area contributed by atoms with Crippen molar-refractivity contribution in [2.75, 3.05) is 5.73 Å². The third-order valence-corrected chi connectivity index (χ3v) is 2.70. The van der Waals surface area contributed by atoms with E-state index in [1.54, 1.807) is 0 Å². The summed E-state index contributed by atoms with van der Waals surface area (Å²) < 4.78 is 57.3. The first-order valence-electron chi connectivity index (χ1n) is 5.74. The Kier molecular flexibility index (Phi) is 4.11. The molecule has 7 heteroatoms. The Balaban J connectivity index is 2.16. The molecule has 0 amide bonds. The van der Waals surface area contributed by atoms with Gasteiger partial charge >= 0.3 is 5.97 Å². The number of nitrogen functional groups attached to an aromatic ring is 1. The maximum atomic E-state index is 13.4. The van der Waals surface area contributed by atoms with Crippen LogP contribution in [-0.4, -0.2) is 5.97 Å². The molecule has 0 aromatic heterocycles. The maximum Gasteiger partial charge on any atom is 0.341 e. The van der Waals surface area contributed by atoms with Gasteiger partial charge in [0.1, 0.15) is 18.2 Å². The van der Waals surface area contributed by atoms with Crippen LogP contribution in [0.5, 0.6) is 0 Å². The van der Waals surface area contributed by atoms with Gasteiger partial charge in [0.2, 0.25) is 0 Å². The van der Waals surface area contributed by atoms with Crippen LogP contribution in [0.25, 0.3) is 0 Å². The van der Waals surface area contributed by atoms with Gasteiger partial charge in [-0.25, -0.2) is 22.4 Å². The molecule has 2 aromatic carbocycles. The van der Waals surface area contributed by atoms with Gasteiger partial charge in [0.15, 0.2) is 11.6 Å².